The normalized spacial score (nSPS) is 16.7. The summed E-state index contributed by atoms with van der Waals surface area (Å²) in [6, 6.07) is 12.2. The van der Waals surface area contributed by atoms with Crippen molar-refractivity contribution in [3.63, 3.8) is 0 Å². The van der Waals surface area contributed by atoms with Gasteiger partial charge in [-0.25, -0.2) is 0 Å². The molecule has 0 saturated carbocycles. The Kier molecular flexibility index (Phi) is 7.18. The fourth-order valence-corrected chi connectivity index (χ4v) is 4.80. The van der Waals surface area contributed by atoms with E-state index >= 15 is 0 Å². The zero-order chi connectivity index (χ0) is 20.8. The van der Waals surface area contributed by atoms with Crippen molar-refractivity contribution < 1.29 is 14.3 Å². The van der Waals surface area contributed by atoms with Gasteiger partial charge in [-0.15, -0.1) is 0 Å². The summed E-state index contributed by atoms with van der Waals surface area (Å²) < 4.78 is 11.4. The minimum atomic E-state index is 0.0386. The van der Waals surface area contributed by atoms with Gasteiger partial charge >= 0.3 is 0 Å². The molecule has 0 aromatic heterocycles. The maximum absolute atomic E-state index is 12.6. The minimum absolute atomic E-state index is 0.0386. The van der Waals surface area contributed by atoms with Crippen molar-refractivity contribution in [2.45, 2.75) is 32.7 Å². The summed E-state index contributed by atoms with van der Waals surface area (Å²) in [5.74, 6) is 4.02. The van der Waals surface area contributed by atoms with E-state index in [9.17, 15) is 4.79 Å². The molecule has 2 heterocycles. The van der Waals surface area contributed by atoms with E-state index < -0.39 is 0 Å². The molecule has 1 N–H and O–H groups in total. The van der Waals surface area contributed by atoms with E-state index in [4.69, 9.17) is 9.47 Å². The summed E-state index contributed by atoms with van der Waals surface area (Å²) in [7, 11) is 0. The minimum Gasteiger partial charge on any atom is -0.490 e. The second kappa shape index (κ2) is 10.2. The van der Waals surface area contributed by atoms with Crippen LogP contribution in [0.1, 0.15) is 29.5 Å². The van der Waals surface area contributed by atoms with Gasteiger partial charge in [0.15, 0.2) is 11.5 Å². The Hall–Kier alpha value is -2.18. The molecule has 1 amide bonds. The van der Waals surface area contributed by atoms with Gasteiger partial charge in [0.1, 0.15) is 0 Å². The molecule has 0 atom stereocenters. The van der Waals surface area contributed by atoms with E-state index in [2.05, 4.69) is 23.2 Å². The largest absolute Gasteiger partial charge is 0.490 e. The van der Waals surface area contributed by atoms with Crippen LogP contribution in [0, 0.1) is 6.92 Å². The Morgan fingerprint density at radius 1 is 1.10 bits per heavy atom. The van der Waals surface area contributed by atoms with Crippen molar-refractivity contribution in [2.75, 3.05) is 43.1 Å². The SMILES string of the molecule is Cc1c(CN2CCSCC2)cccc1NC(=O)CCc1ccc2c(c1)OCCCO2. The third-order valence-corrected chi connectivity index (χ3v) is 6.61. The number of anilines is 1. The molecule has 2 aromatic carbocycles. The van der Waals surface area contributed by atoms with Crippen LogP contribution in [-0.4, -0.2) is 48.6 Å². The second-order valence-electron chi connectivity index (χ2n) is 7.86. The highest BCUT2D eigenvalue weighted by Crippen LogP contribution is 2.31. The molecule has 160 valence electrons. The number of carbonyl (C=O) groups excluding carboxylic acids is 1. The highest BCUT2D eigenvalue weighted by atomic mass is 32.2. The average Bonchev–Trinajstić information content (AvgIpc) is 3.01. The number of thioether (sulfide) groups is 1. The van der Waals surface area contributed by atoms with Gasteiger partial charge in [0.25, 0.3) is 0 Å². The number of carbonyl (C=O) groups is 1. The molecule has 0 bridgehead atoms. The fourth-order valence-electron chi connectivity index (χ4n) is 3.82. The van der Waals surface area contributed by atoms with E-state index in [1.807, 2.05) is 42.1 Å². The number of hydrogen-bond donors (Lipinski definition) is 1. The lowest BCUT2D eigenvalue weighted by atomic mass is 10.1. The molecule has 0 spiro atoms. The van der Waals surface area contributed by atoms with Crippen LogP contribution >= 0.6 is 11.8 Å². The molecular weight excluding hydrogens is 396 g/mol. The first-order valence-electron chi connectivity index (χ1n) is 10.8. The molecule has 0 aliphatic carbocycles. The van der Waals surface area contributed by atoms with Gasteiger partial charge in [-0.2, -0.15) is 11.8 Å². The summed E-state index contributed by atoms with van der Waals surface area (Å²) in [6.07, 6.45) is 2.00. The average molecular weight is 427 g/mol. The molecule has 2 aliphatic rings. The smallest absolute Gasteiger partial charge is 0.224 e. The van der Waals surface area contributed by atoms with Gasteiger partial charge < -0.3 is 14.8 Å². The molecule has 2 aliphatic heterocycles. The summed E-state index contributed by atoms with van der Waals surface area (Å²) in [5, 5.41) is 3.11. The van der Waals surface area contributed by atoms with Crippen molar-refractivity contribution >= 4 is 23.4 Å². The molecule has 0 unspecified atom stereocenters. The topological polar surface area (TPSA) is 50.8 Å². The zero-order valence-electron chi connectivity index (χ0n) is 17.6. The maximum Gasteiger partial charge on any atom is 0.224 e. The third kappa shape index (κ3) is 5.49. The molecule has 5 nitrogen and oxygen atoms in total. The van der Waals surface area contributed by atoms with Crippen molar-refractivity contribution in [2.24, 2.45) is 0 Å². The summed E-state index contributed by atoms with van der Waals surface area (Å²) in [5.41, 5.74) is 4.47. The van der Waals surface area contributed by atoms with E-state index in [-0.39, 0.29) is 5.91 Å². The Labute approximate surface area is 183 Å². The molecule has 6 heteroatoms. The molecule has 30 heavy (non-hydrogen) atoms. The van der Waals surface area contributed by atoms with E-state index in [1.54, 1.807) is 0 Å². The predicted molar refractivity (Wildman–Crippen MR) is 123 cm³/mol. The Balaban J connectivity index is 1.34. The van der Waals surface area contributed by atoms with E-state index in [0.717, 1.165) is 48.8 Å². The first-order valence-corrected chi connectivity index (χ1v) is 11.9. The van der Waals surface area contributed by atoms with E-state index in [1.165, 1.54) is 22.6 Å². The molecule has 0 radical (unpaired) electrons. The number of fused-ring (bicyclic) bond motifs is 1. The highest BCUT2D eigenvalue weighted by Gasteiger charge is 2.15. The van der Waals surface area contributed by atoms with Gasteiger partial charge in [0.05, 0.1) is 13.2 Å². The lowest BCUT2D eigenvalue weighted by molar-refractivity contribution is -0.116. The summed E-state index contributed by atoms with van der Waals surface area (Å²) in [6.45, 7) is 6.68. The Morgan fingerprint density at radius 2 is 1.90 bits per heavy atom. The van der Waals surface area contributed by atoms with Crippen molar-refractivity contribution in [3.8, 4) is 11.5 Å². The third-order valence-electron chi connectivity index (χ3n) is 5.67. The first-order chi connectivity index (χ1) is 14.7. The van der Waals surface area contributed by atoms with Crippen molar-refractivity contribution in [1.29, 1.82) is 0 Å². The van der Waals surface area contributed by atoms with Gasteiger partial charge in [0.2, 0.25) is 5.91 Å². The van der Waals surface area contributed by atoms with Crippen LogP contribution < -0.4 is 14.8 Å². The van der Waals surface area contributed by atoms with Crippen LogP contribution in [0.4, 0.5) is 5.69 Å². The predicted octanol–water partition coefficient (Wildman–Crippen LogP) is 4.28. The number of benzene rings is 2. The van der Waals surface area contributed by atoms with Crippen LogP contribution in [0.2, 0.25) is 0 Å². The van der Waals surface area contributed by atoms with Crippen molar-refractivity contribution in [1.82, 2.24) is 4.90 Å². The second-order valence-corrected chi connectivity index (χ2v) is 9.08. The van der Waals surface area contributed by atoms with Gasteiger partial charge in [0, 0.05) is 49.7 Å². The first kappa shape index (κ1) is 21.1. The number of hydrogen-bond acceptors (Lipinski definition) is 5. The number of nitrogens with one attached hydrogen (secondary N) is 1. The van der Waals surface area contributed by atoms with Crippen LogP contribution in [0.3, 0.4) is 0 Å². The standard InChI is InChI=1S/C24H30N2O3S/c1-18-20(17-26-10-14-30-15-11-26)4-2-5-21(18)25-24(27)9-7-19-6-8-22-23(16-19)29-13-3-12-28-22/h2,4-6,8,16H,3,7,9-15,17H2,1H3,(H,25,27). The van der Waals surface area contributed by atoms with Gasteiger partial charge in [-0.05, 0) is 48.2 Å². The lowest BCUT2D eigenvalue weighted by Gasteiger charge is -2.27. The molecule has 4 rings (SSSR count). The van der Waals surface area contributed by atoms with Gasteiger partial charge in [-0.1, -0.05) is 18.2 Å². The number of rotatable bonds is 6. The Morgan fingerprint density at radius 3 is 2.73 bits per heavy atom. The van der Waals surface area contributed by atoms with Crippen LogP contribution in [0.15, 0.2) is 36.4 Å². The molecule has 1 saturated heterocycles. The highest BCUT2D eigenvalue weighted by molar-refractivity contribution is 7.99. The molecule has 1 fully saturated rings. The fraction of sp³-hybridized carbons (Fsp3) is 0.458. The van der Waals surface area contributed by atoms with Crippen LogP contribution in [-0.2, 0) is 17.8 Å². The molecular formula is C24H30N2O3S. The summed E-state index contributed by atoms with van der Waals surface area (Å²) >= 11 is 2.02. The summed E-state index contributed by atoms with van der Waals surface area (Å²) in [4.78, 5) is 15.1. The molecule has 2 aromatic rings. The number of nitrogens with zero attached hydrogens (tertiary/aromatic N) is 1. The number of ether oxygens (including phenoxy) is 2. The maximum atomic E-state index is 12.6. The lowest BCUT2D eigenvalue weighted by Crippen LogP contribution is -2.32. The Bertz CT molecular complexity index is 881. The van der Waals surface area contributed by atoms with E-state index in [0.29, 0.717) is 26.1 Å². The van der Waals surface area contributed by atoms with Crippen LogP contribution in [0.5, 0.6) is 11.5 Å². The quantitative estimate of drug-likeness (QED) is 0.747. The van der Waals surface area contributed by atoms with Gasteiger partial charge in [-0.3, -0.25) is 9.69 Å². The monoisotopic (exact) mass is 426 g/mol. The number of aryl methyl sites for hydroxylation is 1. The number of amides is 1. The van der Waals surface area contributed by atoms with Crippen molar-refractivity contribution in [3.05, 3.63) is 53.1 Å². The van der Waals surface area contributed by atoms with Crippen LogP contribution in [0.25, 0.3) is 0 Å². The zero-order valence-corrected chi connectivity index (χ0v) is 18.4.